The average Bonchev–Trinajstić information content (AvgIpc) is 2.66. The molecule has 3 N–H and O–H groups in total. The molecule has 0 fully saturated rings. The van der Waals surface area contributed by atoms with Gasteiger partial charge in [0.15, 0.2) is 6.04 Å². The smallest absolute Gasteiger partial charge is 0.330 e. The van der Waals surface area contributed by atoms with E-state index in [4.69, 9.17) is 0 Å². The fourth-order valence-electron chi connectivity index (χ4n) is 2.49. The van der Waals surface area contributed by atoms with E-state index < -0.39 is 23.7 Å². The van der Waals surface area contributed by atoms with Gasteiger partial charge in [-0.2, -0.15) is 0 Å². The van der Waals surface area contributed by atoms with Crippen molar-refractivity contribution in [2.24, 2.45) is 0 Å². The van der Waals surface area contributed by atoms with Gasteiger partial charge in [0, 0.05) is 17.7 Å². The number of aryl methyl sites for hydroxylation is 1. The maximum absolute atomic E-state index is 13.4. The van der Waals surface area contributed by atoms with Crippen molar-refractivity contribution < 1.29 is 23.9 Å². The lowest BCUT2D eigenvalue weighted by Crippen LogP contribution is -2.34. The number of aliphatic carboxylic acids is 1. The summed E-state index contributed by atoms with van der Waals surface area (Å²) in [5, 5.41) is 14.6. The van der Waals surface area contributed by atoms with Gasteiger partial charge in [0.25, 0.3) is 11.8 Å². The Morgan fingerprint density at radius 2 is 1.74 bits per heavy atom. The van der Waals surface area contributed by atoms with Gasteiger partial charge in [-0.05, 0) is 48.7 Å². The summed E-state index contributed by atoms with van der Waals surface area (Å²) in [5.74, 6) is -2.68. The molecular weight excluding hydrogens is 351 g/mol. The predicted molar refractivity (Wildman–Crippen MR) is 98.0 cm³/mol. The van der Waals surface area contributed by atoms with Crippen LogP contribution in [0.15, 0.2) is 42.5 Å². The molecule has 2 amide bonds. The highest BCUT2D eigenvalue weighted by Gasteiger charge is 2.23. The second-order valence-corrected chi connectivity index (χ2v) is 6.09. The number of hydrogen-bond donors (Lipinski definition) is 3. The number of carbonyl (C=O) groups is 3. The molecular formula is C20H21FN2O4. The van der Waals surface area contributed by atoms with Crippen LogP contribution in [0.5, 0.6) is 0 Å². The van der Waals surface area contributed by atoms with Crippen LogP contribution in [0.3, 0.4) is 0 Å². The quantitative estimate of drug-likeness (QED) is 0.696. The van der Waals surface area contributed by atoms with Crippen LogP contribution >= 0.6 is 0 Å². The monoisotopic (exact) mass is 372 g/mol. The van der Waals surface area contributed by atoms with E-state index in [0.29, 0.717) is 12.1 Å². The Kier molecular flexibility index (Phi) is 6.65. The van der Waals surface area contributed by atoms with Gasteiger partial charge in [-0.15, -0.1) is 0 Å². The van der Waals surface area contributed by atoms with Crippen LogP contribution in [-0.4, -0.2) is 29.4 Å². The summed E-state index contributed by atoms with van der Waals surface area (Å²) in [7, 11) is 0. The first-order chi connectivity index (χ1) is 12.8. The number of hydrogen-bond acceptors (Lipinski definition) is 3. The minimum Gasteiger partial charge on any atom is -0.479 e. The summed E-state index contributed by atoms with van der Waals surface area (Å²) in [6.45, 7) is 3.95. The maximum atomic E-state index is 13.4. The lowest BCUT2D eigenvalue weighted by Gasteiger charge is -2.16. The second-order valence-electron chi connectivity index (χ2n) is 6.09. The molecule has 0 bridgehead atoms. The number of benzene rings is 2. The van der Waals surface area contributed by atoms with Crippen molar-refractivity contribution in [1.82, 2.24) is 10.6 Å². The van der Waals surface area contributed by atoms with Crippen molar-refractivity contribution in [1.29, 1.82) is 0 Å². The average molecular weight is 372 g/mol. The minimum absolute atomic E-state index is 0.157. The molecule has 27 heavy (non-hydrogen) atoms. The van der Waals surface area contributed by atoms with Crippen LogP contribution in [0.2, 0.25) is 0 Å². The van der Waals surface area contributed by atoms with E-state index in [-0.39, 0.29) is 22.6 Å². The molecule has 0 aliphatic rings. The van der Waals surface area contributed by atoms with Gasteiger partial charge in [0.05, 0.1) is 0 Å². The molecule has 6 nitrogen and oxygen atoms in total. The Labute approximate surface area is 156 Å². The molecule has 7 heteroatoms. The van der Waals surface area contributed by atoms with E-state index in [1.54, 1.807) is 12.1 Å². The summed E-state index contributed by atoms with van der Waals surface area (Å²) >= 11 is 0. The molecule has 0 saturated heterocycles. The Morgan fingerprint density at radius 3 is 2.33 bits per heavy atom. The molecule has 0 radical (unpaired) electrons. The Hall–Kier alpha value is -3.22. The maximum Gasteiger partial charge on any atom is 0.330 e. The van der Waals surface area contributed by atoms with E-state index in [1.807, 2.05) is 6.92 Å². The van der Waals surface area contributed by atoms with Gasteiger partial charge in [0.1, 0.15) is 5.82 Å². The molecule has 2 aromatic carbocycles. The van der Waals surface area contributed by atoms with Gasteiger partial charge in [-0.3, -0.25) is 9.59 Å². The molecule has 1 atom stereocenters. The minimum atomic E-state index is -1.34. The second kappa shape index (κ2) is 8.93. The third kappa shape index (κ3) is 5.13. The molecule has 0 aromatic heterocycles. The SMILES string of the molecule is CCCNC(=O)c1cccc(C(=O)NC(C(=O)O)c2ccc(F)c(C)c2)c1. The van der Waals surface area contributed by atoms with E-state index in [9.17, 15) is 23.9 Å². The van der Waals surface area contributed by atoms with Crippen molar-refractivity contribution >= 4 is 17.8 Å². The standard InChI is InChI=1S/C20H21FN2O4/c1-3-9-22-18(24)14-5-4-6-15(11-14)19(25)23-17(20(26)27)13-7-8-16(21)12(2)10-13/h4-8,10-11,17H,3,9H2,1-2H3,(H,22,24)(H,23,25)(H,26,27). The Morgan fingerprint density at radius 1 is 1.07 bits per heavy atom. The molecule has 2 rings (SSSR count). The summed E-state index contributed by atoms with van der Waals surface area (Å²) in [4.78, 5) is 36.1. The fraction of sp³-hybridized carbons (Fsp3) is 0.250. The van der Waals surface area contributed by atoms with Crippen LogP contribution in [0.4, 0.5) is 4.39 Å². The number of carboxylic acids is 1. The zero-order valence-electron chi connectivity index (χ0n) is 15.1. The number of halogens is 1. The highest BCUT2D eigenvalue weighted by Crippen LogP contribution is 2.18. The summed E-state index contributed by atoms with van der Waals surface area (Å²) < 4.78 is 13.4. The lowest BCUT2D eigenvalue weighted by atomic mass is 10.0. The van der Waals surface area contributed by atoms with Gasteiger partial charge in [-0.25, -0.2) is 9.18 Å². The topological polar surface area (TPSA) is 95.5 Å². The number of carbonyl (C=O) groups excluding carboxylic acids is 2. The number of nitrogens with one attached hydrogen (secondary N) is 2. The third-order valence-electron chi connectivity index (χ3n) is 3.96. The predicted octanol–water partition coefficient (Wildman–Crippen LogP) is 2.83. The van der Waals surface area contributed by atoms with Gasteiger partial charge in [0.2, 0.25) is 0 Å². The first-order valence-electron chi connectivity index (χ1n) is 8.51. The molecule has 0 heterocycles. The van der Waals surface area contributed by atoms with Crippen LogP contribution in [-0.2, 0) is 4.79 Å². The third-order valence-corrected chi connectivity index (χ3v) is 3.96. The van der Waals surface area contributed by atoms with Crippen molar-refractivity contribution in [3.8, 4) is 0 Å². The van der Waals surface area contributed by atoms with E-state index in [1.165, 1.54) is 31.2 Å². The summed E-state index contributed by atoms with van der Waals surface area (Å²) in [5.41, 5.74) is 0.999. The van der Waals surface area contributed by atoms with E-state index >= 15 is 0 Å². The lowest BCUT2D eigenvalue weighted by molar-refractivity contribution is -0.139. The largest absolute Gasteiger partial charge is 0.479 e. The van der Waals surface area contributed by atoms with Gasteiger partial charge < -0.3 is 15.7 Å². The number of carboxylic acid groups (broad SMARTS) is 1. The normalized spacial score (nSPS) is 11.5. The van der Waals surface area contributed by atoms with E-state index in [2.05, 4.69) is 10.6 Å². The zero-order chi connectivity index (χ0) is 20.0. The molecule has 142 valence electrons. The summed E-state index contributed by atoms with van der Waals surface area (Å²) in [6.07, 6.45) is 0.781. The van der Waals surface area contributed by atoms with Crippen LogP contribution in [0.25, 0.3) is 0 Å². The first kappa shape index (κ1) is 20.1. The fourth-order valence-corrected chi connectivity index (χ4v) is 2.49. The molecule has 0 spiro atoms. The van der Waals surface area contributed by atoms with Crippen molar-refractivity contribution in [3.05, 3.63) is 70.5 Å². The van der Waals surface area contributed by atoms with Crippen LogP contribution in [0, 0.1) is 12.7 Å². The highest BCUT2D eigenvalue weighted by atomic mass is 19.1. The molecule has 0 aliphatic heterocycles. The Balaban J connectivity index is 2.22. The van der Waals surface area contributed by atoms with Crippen molar-refractivity contribution in [2.45, 2.75) is 26.3 Å². The van der Waals surface area contributed by atoms with E-state index in [0.717, 1.165) is 12.5 Å². The Bertz CT molecular complexity index is 867. The highest BCUT2D eigenvalue weighted by molar-refractivity contribution is 6.00. The molecule has 0 aliphatic carbocycles. The molecule has 0 saturated carbocycles. The molecule has 2 aromatic rings. The van der Waals surface area contributed by atoms with Gasteiger partial charge in [-0.1, -0.05) is 25.1 Å². The number of rotatable bonds is 7. The van der Waals surface area contributed by atoms with Crippen LogP contribution < -0.4 is 10.6 Å². The van der Waals surface area contributed by atoms with Crippen molar-refractivity contribution in [2.75, 3.05) is 6.54 Å². The van der Waals surface area contributed by atoms with Crippen LogP contribution in [0.1, 0.15) is 51.2 Å². The molecule has 1 unspecified atom stereocenters. The van der Waals surface area contributed by atoms with Crippen molar-refractivity contribution in [3.63, 3.8) is 0 Å². The number of amides is 2. The zero-order valence-corrected chi connectivity index (χ0v) is 15.1. The summed E-state index contributed by atoms with van der Waals surface area (Å²) in [6, 6.07) is 8.52. The van der Waals surface area contributed by atoms with Gasteiger partial charge >= 0.3 is 5.97 Å². The first-order valence-corrected chi connectivity index (χ1v) is 8.51.